The van der Waals surface area contributed by atoms with Gasteiger partial charge in [-0.2, -0.15) is 0 Å². The highest BCUT2D eigenvalue weighted by atomic mass is 15.2. The zero-order valence-electron chi connectivity index (χ0n) is 41.2. The number of nitrogens with zero attached hydrogens (tertiary/aromatic N) is 2. The first-order valence-corrected chi connectivity index (χ1v) is 25.3. The van der Waals surface area contributed by atoms with Gasteiger partial charge >= 0.3 is 0 Å². The van der Waals surface area contributed by atoms with E-state index in [1.807, 2.05) is 0 Å². The zero-order valence-corrected chi connectivity index (χ0v) is 41.2. The van der Waals surface area contributed by atoms with E-state index in [1.54, 1.807) is 0 Å². The monoisotopic (exact) mass is 910 g/mol. The van der Waals surface area contributed by atoms with Crippen molar-refractivity contribution in [1.29, 1.82) is 0 Å². The minimum Gasteiger partial charge on any atom is -0.310 e. The Morgan fingerprint density at radius 1 is 0.268 bits per heavy atom. The summed E-state index contributed by atoms with van der Waals surface area (Å²) >= 11 is 0. The van der Waals surface area contributed by atoms with Crippen LogP contribution in [0.2, 0.25) is 0 Å². The van der Waals surface area contributed by atoms with Crippen molar-refractivity contribution < 1.29 is 0 Å². The lowest BCUT2D eigenvalue weighted by Crippen LogP contribution is -2.30. The van der Waals surface area contributed by atoms with E-state index in [9.17, 15) is 0 Å². The van der Waals surface area contributed by atoms with Gasteiger partial charge in [-0.1, -0.05) is 211 Å². The summed E-state index contributed by atoms with van der Waals surface area (Å²) in [5.74, 6) is 0. The number of fused-ring (bicyclic) bond motifs is 10. The van der Waals surface area contributed by atoms with Gasteiger partial charge in [0.05, 0.1) is 22.7 Å². The molecule has 0 saturated heterocycles. The number of rotatable bonds is 4. The standard InChI is InChI=1S/C69H54N2/c1-67(2)56-29-11-15-33-60(56)70(61-34-16-12-30-57(61)67)44-38-40-50-53(41-44)64(48-25-19-22-43-21-7-8-23-46(43)48)49-39-37-45(71-62-35-17-13-31-58(62)68(3,4)59-32-14-18-36-63(59)71)42-54(49)65(50)52-27-20-26-51-47-24-9-10-28-55(47)69(5,6)66(51)52/h7-42H,1-6H3. The summed E-state index contributed by atoms with van der Waals surface area (Å²) in [4.78, 5) is 5.04. The van der Waals surface area contributed by atoms with Gasteiger partial charge in [0.1, 0.15) is 0 Å². The molecule has 11 aromatic carbocycles. The molecule has 0 aromatic heterocycles. The van der Waals surface area contributed by atoms with E-state index >= 15 is 0 Å². The minimum atomic E-state index is -0.239. The smallest absolute Gasteiger partial charge is 0.0502 e. The van der Waals surface area contributed by atoms with Crippen molar-refractivity contribution in [3.63, 3.8) is 0 Å². The van der Waals surface area contributed by atoms with Crippen LogP contribution in [0.1, 0.15) is 74.9 Å². The van der Waals surface area contributed by atoms with Gasteiger partial charge < -0.3 is 9.80 Å². The normalized spacial score (nSPS) is 15.5. The molecule has 0 bridgehead atoms. The van der Waals surface area contributed by atoms with Crippen molar-refractivity contribution in [2.75, 3.05) is 9.80 Å². The second-order valence-electron chi connectivity index (χ2n) is 21.6. The Labute approximate surface area is 417 Å². The quantitative estimate of drug-likeness (QED) is 0.162. The Hall–Kier alpha value is -8.20. The van der Waals surface area contributed by atoms with Crippen LogP contribution in [0.3, 0.4) is 0 Å². The second-order valence-corrected chi connectivity index (χ2v) is 21.6. The SMILES string of the molecule is CC1(C)c2ccccc2N(c2ccc3c(-c4cccc5ccccc45)c4cc(N5c6ccccc6C(C)(C)c6ccccc65)ccc4c(-c4cccc5c4C(C)(C)c4ccccc4-5)c3c2)c2ccccc21. The summed E-state index contributed by atoms with van der Waals surface area (Å²) in [5, 5.41) is 7.41. The Balaban J connectivity index is 1.14. The molecule has 0 unspecified atom stereocenters. The third kappa shape index (κ3) is 5.76. The van der Waals surface area contributed by atoms with Crippen LogP contribution >= 0.6 is 0 Å². The van der Waals surface area contributed by atoms with Gasteiger partial charge in [-0.25, -0.2) is 0 Å². The average Bonchev–Trinajstić information content (AvgIpc) is 3.64. The number of hydrogen-bond donors (Lipinski definition) is 0. The maximum absolute atomic E-state index is 2.52. The molecular formula is C69H54N2. The maximum atomic E-state index is 2.52. The van der Waals surface area contributed by atoms with Crippen LogP contribution in [0.25, 0.3) is 65.7 Å². The fourth-order valence-electron chi connectivity index (χ4n) is 13.5. The van der Waals surface area contributed by atoms with Crippen molar-refractivity contribution >= 4 is 66.4 Å². The van der Waals surface area contributed by atoms with Gasteiger partial charge in [-0.05, 0) is 148 Å². The average molecular weight is 911 g/mol. The van der Waals surface area contributed by atoms with Gasteiger partial charge in [-0.3, -0.25) is 0 Å². The summed E-state index contributed by atoms with van der Waals surface area (Å²) in [6.07, 6.45) is 0. The second kappa shape index (κ2) is 14.9. The predicted octanol–water partition coefficient (Wildman–Crippen LogP) is 19.0. The Bertz CT molecular complexity index is 3950. The van der Waals surface area contributed by atoms with E-state index in [1.165, 1.54) is 122 Å². The molecule has 2 nitrogen and oxygen atoms in total. The van der Waals surface area contributed by atoms with Gasteiger partial charge in [0.25, 0.3) is 0 Å². The third-order valence-electron chi connectivity index (χ3n) is 16.8. The molecule has 340 valence electrons. The van der Waals surface area contributed by atoms with Crippen LogP contribution in [0.4, 0.5) is 34.1 Å². The van der Waals surface area contributed by atoms with Crippen LogP contribution in [0.5, 0.6) is 0 Å². The predicted molar refractivity (Wildman–Crippen MR) is 301 cm³/mol. The topological polar surface area (TPSA) is 6.48 Å². The van der Waals surface area contributed by atoms with E-state index in [-0.39, 0.29) is 16.2 Å². The van der Waals surface area contributed by atoms with Gasteiger partial charge in [0.2, 0.25) is 0 Å². The van der Waals surface area contributed by atoms with Crippen LogP contribution < -0.4 is 9.80 Å². The van der Waals surface area contributed by atoms with Gasteiger partial charge in [0, 0.05) is 27.6 Å². The molecule has 14 rings (SSSR count). The molecule has 71 heavy (non-hydrogen) atoms. The molecular weight excluding hydrogens is 857 g/mol. The van der Waals surface area contributed by atoms with E-state index < -0.39 is 0 Å². The lowest BCUT2D eigenvalue weighted by atomic mass is 9.73. The fraction of sp³-hybridized carbons (Fsp3) is 0.130. The number of para-hydroxylation sites is 4. The first-order chi connectivity index (χ1) is 34.5. The summed E-state index contributed by atoms with van der Waals surface area (Å²) in [5.41, 5.74) is 22.3. The van der Waals surface area contributed by atoms with Crippen LogP contribution in [-0.4, -0.2) is 0 Å². The lowest BCUT2D eigenvalue weighted by Gasteiger charge is -2.42. The fourth-order valence-corrected chi connectivity index (χ4v) is 13.5. The molecule has 1 aliphatic carbocycles. The Kier molecular flexibility index (Phi) is 8.76. The van der Waals surface area contributed by atoms with Crippen LogP contribution in [0.15, 0.2) is 218 Å². The molecule has 0 atom stereocenters. The highest BCUT2D eigenvalue weighted by Gasteiger charge is 2.41. The highest BCUT2D eigenvalue weighted by molar-refractivity contribution is 6.25. The molecule has 0 radical (unpaired) electrons. The number of hydrogen-bond acceptors (Lipinski definition) is 2. The largest absolute Gasteiger partial charge is 0.310 e. The van der Waals surface area contributed by atoms with E-state index in [0.29, 0.717) is 0 Å². The molecule has 0 spiro atoms. The maximum Gasteiger partial charge on any atom is 0.0502 e. The first-order valence-electron chi connectivity index (χ1n) is 25.3. The minimum absolute atomic E-state index is 0.168. The van der Waals surface area contributed by atoms with Gasteiger partial charge in [0.15, 0.2) is 0 Å². The molecule has 2 aliphatic heterocycles. The molecule has 11 aromatic rings. The lowest BCUT2D eigenvalue weighted by molar-refractivity contribution is 0.632. The van der Waals surface area contributed by atoms with Gasteiger partial charge in [-0.15, -0.1) is 0 Å². The zero-order chi connectivity index (χ0) is 48.0. The van der Waals surface area contributed by atoms with Crippen molar-refractivity contribution in [2.24, 2.45) is 0 Å². The number of anilines is 6. The van der Waals surface area contributed by atoms with E-state index in [2.05, 4.69) is 270 Å². The molecule has 0 fully saturated rings. The summed E-state index contributed by atoms with van der Waals surface area (Å²) in [7, 11) is 0. The molecule has 0 saturated carbocycles. The molecule has 0 amide bonds. The Morgan fingerprint density at radius 3 is 1.18 bits per heavy atom. The highest BCUT2D eigenvalue weighted by Crippen LogP contribution is 2.58. The summed E-state index contributed by atoms with van der Waals surface area (Å²) in [6, 6.07) is 82.6. The molecule has 2 heterocycles. The summed E-state index contributed by atoms with van der Waals surface area (Å²) < 4.78 is 0. The first kappa shape index (κ1) is 41.7. The Morgan fingerprint density at radius 2 is 0.648 bits per heavy atom. The van der Waals surface area contributed by atoms with Crippen LogP contribution in [-0.2, 0) is 16.2 Å². The summed E-state index contributed by atoms with van der Waals surface area (Å²) in [6.45, 7) is 14.3. The number of benzene rings is 11. The third-order valence-corrected chi connectivity index (χ3v) is 16.8. The molecule has 3 aliphatic rings. The van der Waals surface area contributed by atoms with Crippen molar-refractivity contribution in [3.05, 3.63) is 252 Å². The van der Waals surface area contributed by atoms with Crippen molar-refractivity contribution in [1.82, 2.24) is 0 Å². The van der Waals surface area contributed by atoms with Crippen LogP contribution in [0, 0.1) is 0 Å². The van der Waals surface area contributed by atoms with E-state index in [4.69, 9.17) is 0 Å². The van der Waals surface area contributed by atoms with E-state index in [0.717, 1.165) is 11.4 Å². The van der Waals surface area contributed by atoms with Crippen molar-refractivity contribution in [2.45, 2.75) is 57.8 Å². The molecule has 0 N–H and O–H groups in total. The van der Waals surface area contributed by atoms with Crippen molar-refractivity contribution in [3.8, 4) is 33.4 Å². The molecule has 2 heteroatoms.